The number of ether oxygens (including phenoxy) is 1. The van der Waals surface area contributed by atoms with Gasteiger partial charge in [0.15, 0.2) is 8.24 Å². The van der Waals surface area contributed by atoms with Crippen molar-refractivity contribution >= 4 is 19.9 Å². The molecule has 1 rings (SSSR count). The molecule has 0 fully saturated rings. The summed E-state index contributed by atoms with van der Waals surface area (Å²) < 4.78 is 7.42. The first-order chi connectivity index (χ1) is 9.71. The maximum Gasteiger partial charge on any atom is 0.356 e. The van der Waals surface area contributed by atoms with E-state index in [9.17, 15) is 4.79 Å². The average Bonchev–Trinajstić information content (AvgIpc) is 2.71. The Bertz CT molecular complexity index is 471. The molecule has 1 heterocycles. The zero-order valence-electron chi connectivity index (χ0n) is 14.4. The van der Waals surface area contributed by atoms with Crippen LogP contribution >= 0.6 is 0 Å². The number of rotatable bonds is 6. The van der Waals surface area contributed by atoms with Crippen LogP contribution < -0.4 is 5.73 Å². The topological polar surface area (TPSA) is 57.2 Å². The Morgan fingerprint density at radius 2 is 1.67 bits per heavy atom. The first-order valence-electron chi connectivity index (χ1n) is 7.85. The molecule has 0 bridgehead atoms. The SMILES string of the molecule is CCOC(=O)c1c(N)ccn1[Si](C(C)C)(C(C)C)C(C)C. The van der Waals surface area contributed by atoms with Gasteiger partial charge in [0, 0.05) is 0 Å². The van der Waals surface area contributed by atoms with Crippen LogP contribution in [0.2, 0.25) is 16.6 Å². The molecule has 0 atom stereocenters. The van der Waals surface area contributed by atoms with E-state index >= 15 is 0 Å². The maximum atomic E-state index is 12.4. The molecule has 0 saturated carbocycles. The number of hydrogen-bond donors (Lipinski definition) is 1. The number of nitrogens with two attached hydrogens (primary N) is 1. The normalized spacial score (nSPS) is 12.5. The van der Waals surface area contributed by atoms with E-state index in [1.54, 1.807) is 0 Å². The highest BCUT2D eigenvalue weighted by atomic mass is 28.3. The van der Waals surface area contributed by atoms with Gasteiger partial charge in [0.2, 0.25) is 0 Å². The van der Waals surface area contributed by atoms with Crippen LogP contribution in [0.4, 0.5) is 5.69 Å². The third-order valence-corrected chi connectivity index (χ3v) is 11.3. The van der Waals surface area contributed by atoms with E-state index < -0.39 is 8.24 Å². The summed E-state index contributed by atoms with van der Waals surface area (Å²) in [5.41, 5.74) is 8.63. The molecule has 4 nitrogen and oxygen atoms in total. The van der Waals surface area contributed by atoms with Crippen LogP contribution in [0.15, 0.2) is 12.3 Å². The van der Waals surface area contributed by atoms with E-state index in [0.29, 0.717) is 34.6 Å². The predicted octanol–water partition coefficient (Wildman–Crippen LogP) is 4.27. The predicted molar refractivity (Wildman–Crippen MR) is 91.2 cm³/mol. The Morgan fingerprint density at radius 1 is 1.19 bits per heavy atom. The van der Waals surface area contributed by atoms with Gasteiger partial charge < -0.3 is 14.7 Å². The molecule has 0 aliphatic rings. The molecule has 0 radical (unpaired) electrons. The van der Waals surface area contributed by atoms with Crippen LogP contribution in [0.5, 0.6) is 0 Å². The van der Waals surface area contributed by atoms with Crippen molar-refractivity contribution in [2.75, 3.05) is 12.3 Å². The van der Waals surface area contributed by atoms with E-state index in [1.807, 2.05) is 19.2 Å². The lowest BCUT2D eigenvalue weighted by atomic mass is 10.4. The van der Waals surface area contributed by atoms with Gasteiger partial charge >= 0.3 is 5.97 Å². The smallest absolute Gasteiger partial charge is 0.356 e. The van der Waals surface area contributed by atoms with Crippen LogP contribution in [0.3, 0.4) is 0 Å². The fraction of sp³-hybridized carbons (Fsp3) is 0.688. The van der Waals surface area contributed by atoms with Crippen LogP contribution in [0.1, 0.15) is 59.0 Å². The largest absolute Gasteiger partial charge is 0.461 e. The molecule has 0 aromatic carbocycles. The molecule has 2 N–H and O–H groups in total. The lowest BCUT2D eigenvalue weighted by Gasteiger charge is -2.44. The highest BCUT2D eigenvalue weighted by molar-refractivity contribution is 6.82. The standard InChI is InChI=1S/C16H30N2O2Si/c1-8-20-16(19)15-14(17)9-10-18(15)21(11(2)3,12(4)5)13(6)7/h9-13H,8,17H2,1-7H3. The molecular weight excluding hydrogens is 280 g/mol. The Morgan fingerprint density at radius 3 is 2.05 bits per heavy atom. The second-order valence-corrected chi connectivity index (χ2v) is 12.3. The van der Waals surface area contributed by atoms with Gasteiger partial charge in [-0.3, -0.25) is 0 Å². The summed E-state index contributed by atoms with van der Waals surface area (Å²) in [7, 11) is -1.98. The maximum absolute atomic E-state index is 12.4. The van der Waals surface area contributed by atoms with Crippen LogP contribution in [-0.4, -0.2) is 25.0 Å². The average molecular weight is 311 g/mol. The van der Waals surface area contributed by atoms with Crippen LogP contribution in [0.25, 0.3) is 0 Å². The van der Waals surface area contributed by atoms with Crippen molar-refractivity contribution in [2.45, 2.75) is 65.1 Å². The lowest BCUT2D eigenvalue weighted by Crippen LogP contribution is -2.53. The van der Waals surface area contributed by atoms with Gasteiger partial charge in [-0.05, 0) is 35.8 Å². The first kappa shape index (κ1) is 17.8. The number of anilines is 1. The van der Waals surface area contributed by atoms with Gasteiger partial charge in [-0.15, -0.1) is 0 Å². The number of hydrogen-bond acceptors (Lipinski definition) is 3. The molecule has 5 heteroatoms. The molecule has 0 aliphatic heterocycles. The molecular formula is C16H30N2O2Si. The minimum absolute atomic E-state index is 0.307. The molecule has 0 spiro atoms. The van der Waals surface area contributed by atoms with Crippen molar-refractivity contribution in [2.24, 2.45) is 0 Å². The van der Waals surface area contributed by atoms with Crippen LogP contribution in [0, 0.1) is 0 Å². The second-order valence-electron chi connectivity index (χ2n) is 6.56. The number of carbonyl (C=O) groups is 1. The minimum Gasteiger partial charge on any atom is -0.461 e. The summed E-state index contributed by atoms with van der Waals surface area (Å²) >= 11 is 0. The van der Waals surface area contributed by atoms with Crippen molar-refractivity contribution in [1.82, 2.24) is 4.23 Å². The molecule has 0 aliphatic carbocycles. The lowest BCUT2D eigenvalue weighted by molar-refractivity contribution is 0.0519. The summed E-state index contributed by atoms with van der Waals surface area (Å²) in [5.74, 6) is -0.307. The van der Waals surface area contributed by atoms with Crippen molar-refractivity contribution in [3.05, 3.63) is 18.0 Å². The summed E-state index contributed by atoms with van der Waals surface area (Å²) in [5, 5.41) is 0. The Balaban J connectivity index is 3.57. The highest BCUT2D eigenvalue weighted by Gasteiger charge is 2.47. The van der Waals surface area contributed by atoms with Gasteiger partial charge in [0.05, 0.1) is 12.3 Å². The van der Waals surface area contributed by atoms with E-state index in [-0.39, 0.29) is 5.97 Å². The van der Waals surface area contributed by atoms with Crippen molar-refractivity contribution in [3.8, 4) is 0 Å². The van der Waals surface area contributed by atoms with E-state index in [1.165, 1.54) is 0 Å². The number of carbonyl (C=O) groups excluding carboxylic acids is 1. The Hall–Kier alpha value is -1.23. The van der Waals surface area contributed by atoms with Crippen molar-refractivity contribution < 1.29 is 9.53 Å². The summed E-state index contributed by atoms with van der Waals surface area (Å²) in [6.45, 7) is 15.8. The number of esters is 1. The molecule has 1 aromatic rings. The van der Waals surface area contributed by atoms with E-state index in [0.717, 1.165) is 0 Å². The molecule has 0 amide bonds. The summed E-state index contributed by atoms with van der Waals surface area (Å²) in [6, 6.07) is 1.83. The zero-order valence-corrected chi connectivity index (χ0v) is 15.4. The Kier molecular flexibility index (Phi) is 5.67. The second kappa shape index (κ2) is 6.69. The number of nitrogens with zero attached hydrogens (tertiary/aromatic N) is 1. The third-order valence-electron chi connectivity index (χ3n) is 4.58. The van der Waals surface area contributed by atoms with Gasteiger partial charge in [-0.25, -0.2) is 4.79 Å². The molecule has 0 saturated heterocycles. The van der Waals surface area contributed by atoms with Gasteiger partial charge in [0.1, 0.15) is 5.69 Å². The van der Waals surface area contributed by atoms with Crippen LogP contribution in [-0.2, 0) is 4.74 Å². The fourth-order valence-corrected chi connectivity index (χ4v) is 10.6. The molecule has 120 valence electrons. The van der Waals surface area contributed by atoms with E-state index in [4.69, 9.17) is 10.5 Å². The Labute approximate surface area is 129 Å². The third kappa shape index (κ3) is 2.88. The number of aromatic nitrogens is 1. The number of nitrogen functional groups attached to an aromatic ring is 1. The molecule has 0 unspecified atom stereocenters. The summed E-state index contributed by atoms with van der Waals surface area (Å²) in [6.07, 6.45) is 1.99. The fourth-order valence-electron chi connectivity index (χ4n) is 4.02. The first-order valence-corrected chi connectivity index (χ1v) is 10.0. The quantitative estimate of drug-likeness (QED) is 0.630. The zero-order chi connectivity index (χ0) is 16.4. The van der Waals surface area contributed by atoms with Gasteiger partial charge in [-0.1, -0.05) is 41.5 Å². The summed E-state index contributed by atoms with van der Waals surface area (Å²) in [4.78, 5) is 12.4. The van der Waals surface area contributed by atoms with Gasteiger partial charge in [0.25, 0.3) is 0 Å². The van der Waals surface area contributed by atoms with Crippen molar-refractivity contribution in [1.29, 1.82) is 0 Å². The monoisotopic (exact) mass is 310 g/mol. The van der Waals surface area contributed by atoms with E-state index in [2.05, 4.69) is 45.8 Å². The van der Waals surface area contributed by atoms with Gasteiger partial charge in [-0.2, -0.15) is 0 Å². The molecule has 1 aromatic heterocycles. The molecule has 21 heavy (non-hydrogen) atoms. The minimum atomic E-state index is -1.98. The van der Waals surface area contributed by atoms with Crippen molar-refractivity contribution in [3.63, 3.8) is 0 Å². The highest BCUT2D eigenvalue weighted by Crippen LogP contribution is 2.44.